The molecule has 7 heteroatoms. The van der Waals surface area contributed by atoms with Crippen molar-refractivity contribution in [3.05, 3.63) is 30.0 Å². The van der Waals surface area contributed by atoms with Crippen molar-refractivity contribution in [2.75, 3.05) is 5.32 Å². The fourth-order valence-corrected chi connectivity index (χ4v) is 3.94. The van der Waals surface area contributed by atoms with Crippen molar-refractivity contribution in [1.82, 2.24) is 20.4 Å². The standard InChI is InChI=1S/C15H17N5S2/c1-9-10-7-5-6-8-11(10)12(18-17-9)21-14-20-19-13(22-14)16-15(2,3)4/h5-8H,1-4H3,(H,16,19). The van der Waals surface area contributed by atoms with Gasteiger partial charge in [0.1, 0.15) is 5.03 Å². The minimum Gasteiger partial charge on any atom is -0.355 e. The number of aryl methyl sites for hydroxylation is 1. The molecule has 0 aliphatic carbocycles. The van der Waals surface area contributed by atoms with Crippen LogP contribution in [-0.2, 0) is 0 Å². The van der Waals surface area contributed by atoms with Crippen LogP contribution in [0.5, 0.6) is 0 Å². The molecule has 0 spiro atoms. The van der Waals surface area contributed by atoms with E-state index < -0.39 is 0 Å². The molecule has 0 saturated heterocycles. The minimum absolute atomic E-state index is 0.0299. The van der Waals surface area contributed by atoms with Gasteiger partial charge in [-0.05, 0) is 39.5 Å². The summed E-state index contributed by atoms with van der Waals surface area (Å²) in [4.78, 5) is 0. The summed E-state index contributed by atoms with van der Waals surface area (Å²) in [6.45, 7) is 8.26. The van der Waals surface area contributed by atoms with E-state index in [-0.39, 0.29) is 5.54 Å². The van der Waals surface area contributed by atoms with Crippen molar-refractivity contribution in [1.29, 1.82) is 0 Å². The highest BCUT2D eigenvalue weighted by Crippen LogP contribution is 2.35. The normalized spacial score (nSPS) is 11.8. The van der Waals surface area contributed by atoms with E-state index in [1.807, 2.05) is 19.1 Å². The monoisotopic (exact) mass is 331 g/mol. The molecule has 0 bridgehead atoms. The first-order valence-electron chi connectivity index (χ1n) is 6.94. The molecule has 0 amide bonds. The summed E-state index contributed by atoms with van der Waals surface area (Å²) >= 11 is 3.03. The van der Waals surface area contributed by atoms with Gasteiger partial charge in [-0.25, -0.2) is 0 Å². The Bertz CT molecular complexity index is 807. The average molecular weight is 331 g/mol. The number of rotatable bonds is 3. The smallest absolute Gasteiger partial charge is 0.206 e. The molecule has 0 aliphatic rings. The molecular weight excluding hydrogens is 314 g/mol. The van der Waals surface area contributed by atoms with E-state index in [1.54, 1.807) is 0 Å². The lowest BCUT2D eigenvalue weighted by molar-refractivity contribution is 0.631. The van der Waals surface area contributed by atoms with E-state index in [0.29, 0.717) is 0 Å². The predicted octanol–water partition coefficient (Wildman–Crippen LogP) is 4.15. The zero-order valence-corrected chi connectivity index (χ0v) is 14.5. The summed E-state index contributed by atoms with van der Waals surface area (Å²) in [5.41, 5.74) is 0.907. The largest absolute Gasteiger partial charge is 0.355 e. The Morgan fingerprint density at radius 3 is 2.45 bits per heavy atom. The van der Waals surface area contributed by atoms with Crippen LogP contribution in [-0.4, -0.2) is 25.9 Å². The van der Waals surface area contributed by atoms with Crippen molar-refractivity contribution in [2.45, 2.75) is 42.6 Å². The van der Waals surface area contributed by atoms with Crippen LogP contribution >= 0.6 is 23.1 Å². The van der Waals surface area contributed by atoms with Gasteiger partial charge in [0.25, 0.3) is 0 Å². The van der Waals surface area contributed by atoms with Crippen LogP contribution in [0.1, 0.15) is 26.5 Å². The molecule has 114 valence electrons. The van der Waals surface area contributed by atoms with Crippen LogP contribution in [0.2, 0.25) is 0 Å². The van der Waals surface area contributed by atoms with Crippen LogP contribution < -0.4 is 5.32 Å². The van der Waals surface area contributed by atoms with E-state index in [2.05, 4.69) is 58.6 Å². The van der Waals surface area contributed by atoms with Crippen LogP contribution in [0.3, 0.4) is 0 Å². The van der Waals surface area contributed by atoms with Gasteiger partial charge < -0.3 is 5.32 Å². The van der Waals surface area contributed by atoms with Gasteiger partial charge in [0.2, 0.25) is 5.13 Å². The van der Waals surface area contributed by atoms with Gasteiger partial charge in [-0.1, -0.05) is 35.6 Å². The fourth-order valence-electron chi connectivity index (χ4n) is 1.99. The summed E-state index contributed by atoms with van der Waals surface area (Å²) < 4.78 is 0.857. The zero-order chi connectivity index (χ0) is 15.7. The summed E-state index contributed by atoms with van der Waals surface area (Å²) in [7, 11) is 0. The second kappa shape index (κ2) is 5.81. The lowest BCUT2D eigenvalue weighted by Crippen LogP contribution is -2.25. The van der Waals surface area contributed by atoms with Crippen LogP contribution in [0, 0.1) is 6.92 Å². The van der Waals surface area contributed by atoms with E-state index in [4.69, 9.17) is 0 Å². The van der Waals surface area contributed by atoms with Crippen molar-refractivity contribution in [2.24, 2.45) is 0 Å². The SMILES string of the molecule is Cc1nnc(Sc2nnc(NC(C)(C)C)s2)c2ccccc12. The number of aromatic nitrogens is 4. The van der Waals surface area contributed by atoms with E-state index >= 15 is 0 Å². The number of benzene rings is 1. The second-order valence-electron chi connectivity index (χ2n) is 5.99. The maximum Gasteiger partial charge on any atom is 0.206 e. The molecule has 1 aromatic carbocycles. The molecule has 0 atom stereocenters. The molecule has 0 unspecified atom stereocenters. The Balaban J connectivity index is 1.89. The minimum atomic E-state index is -0.0299. The first-order valence-corrected chi connectivity index (χ1v) is 8.57. The maximum absolute atomic E-state index is 4.32. The number of anilines is 1. The molecule has 1 N–H and O–H groups in total. The summed E-state index contributed by atoms with van der Waals surface area (Å²) in [6.07, 6.45) is 0. The summed E-state index contributed by atoms with van der Waals surface area (Å²) in [5.74, 6) is 0. The number of fused-ring (bicyclic) bond motifs is 1. The second-order valence-corrected chi connectivity index (χ2v) is 8.20. The molecule has 2 heterocycles. The molecule has 0 fully saturated rings. The lowest BCUT2D eigenvalue weighted by Gasteiger charge is -2.18. The fraction of sp³-hybridized carbons (Fsp3) is 0.333. The van der Waals surface area contributed by atoms with Gasteiger partial charge in [-0.15, -0.1) is 15.3 Å². The third-order valence-corrected chi connectivity index (χ3v) is 4.79. The lowest BCUT2D eigenvalue weighted by atomic mass is 10.1. The number of nitrogens with one attached hydrogen (secondary N) is 1. The first kappa shape index (κ1) is 15.2. The van der Waals surface area contributed by atoms with E-state index in [1.165, 1.54) is 23.1 Å². The van der Waals surface area contributed by atoms with Crippen molar-refractivity contribution >= 4 is 39.0 Å². The molecular formula is C15H17N5S2. The van der Waals surface area contributed by atoms with E-state index in [9.17, 15) is 0 Å². The Hall–Kier alpha value is -1.73. The van der Waals surface area contributed by atoms with Gasteiger partial charge in [-0.2, -0.15) is 5.10 Å². The third-order valence-electron chi connectivity index (χ3n) is 2.91. The van der Waals surface area contributed by atoms with Gasteiger partial charge in [0.05, 0.1) is 5.69 Å². The van der Waals surface area contributed by atoms with E-state index in [0.717, 1.165) is 31.0 Å². The quantitative estimate of drug-likeness (QED) is 0.778. The molecule has 5 nitrogen and oxygen atoms in total. The van der Waals surface area contributed by atoms with Crippen molar-refractivity contribution in [3.63, 3.8) is 0 Å². The zero-order valence-electron chi connectivity index (χ0n) is 12.9. The molecule has 3 aromatic rings. The van der Waals surface area contributed by atoms with Crippen molar-refractivity contribution < 1.29 is 0 Å². The molecule has 0 aliphatic heterocycles. The summed E-state index contributed by atoms with van der Waals surface area (Å²) in [5, 5.41) is 24.2. The van der Waals surface area contributed by atoms with Crippen molar-refractivity contribution in [3.8, 4) is 0 Å². The maximum atomic E-state index is 4.32. The van der Waals surface area contributed by atoms with Crippen LogP contribution in [0.15, 0.2) is 33.6 Å². The number of hydrogen-bond donors (Lipinski definition) is 1. The van der Waals surface area contributed by atoms with Gasteiger partial charge in [0.15, 0.2) is 4.34 Å². The predicted molar refractivity (Wildman–Crippen MR) is 91.7 cm³/mol. The Labute approximate surface area is 137 Å². The Morgan fingerprint density at radius 1 is 1.00 bits per heavy atom. The number of nitrogens with zero attached hydrogens (tertiary/aromatic N) is 4. The molecule has 22 heavy (non-hydrogen) atoms. The van der Waals surface area contributed by atoms with Crippen LogP contribution in [0.25, 0.3) is 10.8 Å². The molecule has 0 radical (unpaired) electrons. The topological polar surface area (TPSA) is 63.6 Å². The highest BCUT2D eigenvalue weighted by molar-refractivity contribution is 8.01. The van der Waals surface area contributed by atoms with Gasteiger partial charge >= 0.3 is 0 Å². The van der Waals surface area contributed by atoms with Gasteiger partial charge in [0, 0.05) is 16.3 Å². The molecule has 3 rings (SSSR count). The third kappa shape index (κ3) is 3.36. The summed E-state index contributed by atoms with van der Waals surface area (Å²) in [6, 6.07) is 8.16. The van der Waals surface area contributed by atoms with Gasteiger partial charge in [-0.3, -0.25) is 0 Å². The highest BCUT2D eigenvalue weighted by Gasteiger charge is 2.15. The Kier molecular flexibility index (Phi) is 4.01. The highest BCUT2D eigenvalue weighted by atomic mass is 32.2. The van der Waals surface area contributed by atoms with Crippen LogP contribution in [0.4, 0.5) is 5.13 Å². The molecule has 0 saturated carbocycles. The molecule has 2 aromatic heterocycles. The first-order chi connectivity index (χ1) is 10.4. The number of hydrogen-bond acceptors (Lipinski definition) is 7. The Morgan fingerprint density at radius 2 is 1.73 bits per heavy atom. The average Bonchev–Trinajstić information content (AvgIpc) is 2.87.